The molecule has 0 aliphatic rings. The van der Waals surface area contributed by atoms with Gasteiger partial charge in [-0.05, 0) is 35.7 Å². The lowest BCUT2D eigenvalue weighted by molar-refractivity contribution is 0.0954. The number of nitrogens with one attached hydrogen (secondary N) is 1. The fourth-order valence-electron chi connectivity index (χ4n) is 2.03. The zero-order valence-corrected chi connectivity index (χ0v) is 11.9. The Kier molecular flexibility index (Phi) is 5.46. The average Bonchev–Trinajstić information content (AvgIpc) is 2.50. The van der Waals surface area contributed by atoms with Crippen LogP contribution in [-0.4, -0.2) is 19.6 Å². The molecule has 0 aliphatic heterocycles. The Hall–Kier alpha value is -2.20. The van der Waals surface area contributed by atoms with Crippen LogP contribution in [0.25, 0.3) is 0 Å². The van der Waals surface area contributed by atoms with E-state index in [2.05, 4.69) is 5.32 Å². The second kappa shape index (κ2) is 7.55. The molecule has 110 valence electrons. The first-order valence-electron chi connectivity index (χ1n) is 6.80. The van der Waals surface area contributed by atoms with E-state index in [4.69, 9.17) is 4.74 Å². The van der Waals surface area contributed by atoms with E-state index in [0.29, 0.717) is 30.7 Å². The molecular weight excluding hydrogens is 269 g/mol. The smallest absolute Gasteiger partial charge is 0.251 e. The van der Waals surface area contributed by atoms with Crippen LogP contribution in [0.1, 0.15) is 21.5 Å². The van der Waals surface area contributed by atoms with Gasteiger partial charge < -0.3 is 10.1 Å². The molecule has 0 aliphatic carbocycles. The van der Waals surface area contributed by atoms with E-state index in [1.807, 2.05) is 12.1 Å². The number of hydrogen-bond donors (Lipinski definition) is 1. The molecule has 0 spiro atoms. The van der Waals surface area contributed by atoms with Gasteiger partial charge >= 0.3 is 0 Å². The summed E-state index contributed by atoms with van der Waals surface area (Å²) >= 11 is 0. The van der Waals surface area contributed by atoms with Gasteiger partial charge in [0.1, 0.15) is 5.82 Å². The molecule has 1 N–H and O–H groups in total. The Labute approximate surface area is 123 Å². The highest BCUT2D eigenvalue weighted by Crippen LogP contribution is 2.07. The van der Waals surface area contributed by atoms with Crippen molar-refractivity contribution in [2.45, 2.75) is 13.0 Å². The largest absolute Gasteiger partial charge is 0.380 e. The molecule has 0 fully saturated rings. The summed E-state index contributed by atoms with van der Waals surface area (Å²) in [4.78, 5) is 12.0. The molecule has 0 bridgehead atoms. The van der Waals surface area contributed by atoms with Crippen molar-refractivity contribution >= 4 is 5.91 Å². The van der Waals surface area contributed by atoms with E-state index >= 15 is 0 Å². The highest BCUT2D eigenvalue weighted by atomic mass is 19.1. The van der Waals surface area contributed by atoms with Crippen molar-refractivity contribution < 1.29 is 13.9 Å². The standard InChI is InChI=1S/C17H18FNO2/c1-21-12-13-6-8-15(9-7-13)17(20)19-11-10-14-4-2-3-5-16(14)18/h2-9H,10-12H2,1H3,(H,19,20). The summed E-state index contributed by atoms with van der Waals surface area (Å²) in [5, 5.41) is 2.79. The topological polar surface area (TPSA) is 38.3 Å². The molecule has 0 aromatic heterocycles. The number of benzene rings is 2. The van der Waals surface area contributed by atoms with Crippen molar-refractivity contribution in [1.82, 2.24) is 5.32 Å². The van der Waals surface area contributed by atoms with Crippen LogP contribution in [0.15, 0.2) is 48.5 Å². The predicted molar refractivity (Wildman–Crippen MR) is 79.6 cm³/mol. The average molecular weight is 287 g/mol. The monoisotopic (exact) mass is 287 g/mol. The quantitative estimate of drug-likeness (QED) is 0.887. The summed E-state index contributed by atoms with van der Waals surface area (Å²) in [6.07, 6.45) is 0.472. The molecule has 2 aromatic rings. The maximum atomic E-state index is 13.4. The highest BCUT2D eigenvalue weighted by molar-refractivity contribution is 5.94. The first-order chi connectivity index (χ1) is 10.2. The number of amides is 1. The van der Waals surface area contributed by atoms with E-state index in [9.17, 15) is 9.18 Å². The Morgan fingerprint density at radius 3 is 2.52 bits per heavy atom. The summed E-state index contributed by atoms with van der Waals surface area (Å²) in [5.74, 6) is -0.397. The molecule has 0 atom stereocenters. The van der Waals surface area contributed by atoms with Crippen molar-refractivity contribution in [2.24, 2.45) is 0 Å². The highest BCUT2D eigenvalue weighted by Gasteiger charge is 2.06. The van der Waals surface area contributed by atoms with Crippen LogP contribution in [0.2, 0.25) is 0 Å². The van der Waals surface area contributed by atoms with Gasteiger partial charge in [-0.25, -0.2) is 4.39 Å². The van der Waals surface area contributed by atoms with E-state index in [1.54, 1.807) is 37.4 Å². The zero-order chi connectivity index (χ0) is 15.1. The third kappa shape index (κ3) is 4.39. The molecular formula is C17H18FNO2. The van der Waals surface area contributed by atoms with Crippen molar-refractivity contribution in [3.8, 4) is 0 Å². The Morgan fingerprint density at radius 1 is 1.14 bits per heavy atom. The Morgan fingerprint density at radius 2 is 1.86 bits per heavy atom. The molecule has 0 radical (unpaired) electrons. The van der Waals surface area contributed by atoms with E-state index in [-0.39, 0.29) is 11.7 Å². The molecule has 0 heterocycles. The van der Waals surface area contributed by atoms with Crippen molar-refractivity contribution in [2.75, 3.05) is 13.7 Å². The minimum Gasteiger partial charge on any atom is -0.380 e. The minimum absolute atomic E-state index is 0.157. The Bertz CT molecular complexity index is 596. The van der Waals surface area contributed by atoms with Crippen LogP contribution in [0, 0.1) is 5.82 Å². The molecule has 2 rings (SSSR count). The summed E-state index contributed by atoms with van der Waals surface area (Å²) in [6.45, 7) is 0.925. The Balaban J connectivity index is 1.85. The zero-order valence-electron chi connectivity index (χ0n) is 11.9. The first kappa shape index (κ1) is 15.2. The molecule has 0 unspecified atom stereocenters. The molecule has 0 saturated carbocycles. The van der Waals surface area contributed by atoms with Crippen LogP contribution >= 0.6 is 0 Å². The van der Waals surface area contributed by atoms with Crippen LogP contribution in [-0.2, 0) is 17.8 Å². The summed E-state index contributed by atoms with van der Waals surface area (Å²) < 4.78 is 18.4. The van der Waals surface area contributed by atoms with E-state index in [1.165, 1.54) is 6.07 Å². The molecule has 0 saturated heterocycles. The lowest BCUT2D eigenvalue weighted by Crippen LogP contribution is -2.25. The van der Waals surface area contributed by atoms with Gasteiger partial charge in [-0.3, -0.25) is 4.79 Å². The lowest BCUT2D eigenvalue weighted by Gasteiger charge is -2.07. The number of hydrogen-bond acceptors (Lipinski definition) is 2. The second-order valence-corrected chi connectivity index (χ2v) is 4.73. The van der Waals surface area contributed by atoms with E-state index in [0.717, 1.165) is 5.56 Å². The molecule has 4 heteroatoms. The van der Waals surface area contributed by atoms with Crippen LogP contribution in [0.3, 0.4) is 0 Å². The maximum Gasteiger partial charge on any atom is 0.251 e. The van der Waals surface area contributed by atoms with Crippen molar-refractivity contribution in [3.05, 3.63) is 71.0 Å². The summed E-state index contributed by atoms with van der Waals surface area (Å²) in [5.41, 5.74) is 2.21. The predicted octanol–water partition coefficient (Wildman–Crippen LogP) is 2.94. The van der Waals surface area contributed by atoms with Gasteiger partial charge in [0.15, 0.2) is 0 Å². The number of methoxy groups -OCH3 is 1. The van der Waals surface area contributed by atoms with Crippen molar-refractivity contribution in [3.63, 3.8) is 0 Å². The minimum atomic E-state index is -0.240. The van der Waals surface area contributed by atoms with Gasteiger partial charge in [-0.15, -0.1) is 0 Å². The van der Waals surface area contributed by atoms with Crippen molar-refractivity contribution in [1.29, 1.82) is 0 Å². The normalized spacial score (nSPS) is 10.4. The third-order valence-electron chi connectivity index (χ3n) is 3.16. The molecule has 1 amide bonds. The van der Waals surface area contributed by atoms with Gasteiger partial charge in [0.05, 0.1) is 6.61 Å². The molecule has 21 heavy (non-hydrogen) atoms. The second-order valence-electron chi connectivity index (χ2n) is 4.73. The van der Waals surface area contributed by atoms with Gasteiger partial charge in [0.25, 0.3) is 5.91 Å². The third-order valence-corrected chi connectivity index (χ3v) is 3.16. The number of carbonyl (C=O) groups is 1. The van der Waals surface area contributed by atoms with Gasteiger partial charge in [0, 0.05) is 19.2 Å². The van der Waals surface area contributed by atoms with Gasteiger partial charge in [0.2, 0.25) is 0 Å². The summed E-state index contributed by atoms with van der Waals surface area (Å²) in [6, 6.07) is 13.8. The number of carbonyl (C=O) groups excluding carboxylic acids is 1. The maximum absolute atomic E-state index is 13.4. The molecule has 2 aromatic carbocycles. The SMILES string of the molecule is COCc1ccc(C(=O)NCCc2ccccc2F)cc1. The van der Waals surface area contributed by atoms with Gasteiger partial charge in [-0.2, -0.15) is 0 Å². The number of halogens is 1. The fourth-order valence-corrected chi connectivity index (χ4v) is 2.03. The fraction of sp³-hybridized carbons (Fsp3) is 0.235. The lowest BCUT2D eigenvalue weighted by atomic mass is 10.1. The van der Waals surface area contributed by atoms with Crippen LogP contribution in [0.5, 0.6) is 0 Å². The van der Waals surface area contributed by atoms with Crippen LogP contribution < -0.4 is 5.32 Å². The van der Waals surface area contributed by atoms with E-state index < -0.39 is 0 Å². The summed E-state index contributed by atoms with van der Waals surface area (Å²) in [7, 11) is 1.63. The number of rotatable bonds is 6. The molecule has 3 nitrogen and oxygen atoms in total. The first-order valence-corrected chi connectivity index (χ1v) is 6.80. The number of ether oxygens (including phenoxy) is 1. The van der Waals surface area contributed by atoms with Crippen LogP contribution in [0.4, 0.5) is 4.39 Å². The van der Waals surface area contributed by atoms with Gasteiger partial charge in [-0.1, -0.05) is 30.3 Å².